The van der Waals surface area contributed by atoms with Gasteiger partial charge in [0.15, 0.2) is 6.29 Å². The van der Waals surface area contributed by atoms with Crippen LogP contribution in [0.1, 0.15) is 10.4 Å². The molecular weight excluding hydrogens is 202 g/mol. The number of carbonyl (C=O) groups excluding carboxylic acids is 1. The van der Waals surface area contributed by atoms with Crippen molar-refractivity contribution in [1.82, 2.24) is 0 Å². The molecule has 0 bridgehead atoms. The third-order valence-electron chi connectivity index (χ3n) is 2.25. The molecule has 0 radical (unpaired) electrons. The van der Waals surface area contributed by atoms with E-state index in [9.17, 15) is 9.90 Å². The number of hydrogen-bond acceptors (Lipinski definition) is 3. The number of aromatic hydroxyl groups is 1. The van der Waals surface area contributed by atoms with Crippen molar-refractivity contribution in [2.45, 2.75) is 0 Å². The quantitative estimate of drug-likeness (QED) is 0.770. The van der Waals surface area contributed by atoms with Gasteiger partial charge in [-0.05, 0) is 24.3 Å². The fourth-order valence-electron chi connectivity index (χ4n) is 1.46. The van der Waals surface area contributed by atoms with Gasteiger partial charge in [0.2, 0.25) is 0 Å². The average Bonchev–Trinajstić information content (AvgIpc) is 2.31. The lowest BCUT2D eigenvalue weighted by atomic mass is 10.1. The predicted octanol–water partition coefficient (Wildman–Crippen LogP) is 2.95. The number of hydrogen-bond donors (Lipinski definition) is 2. The van der Waals surface area contributed by atoms with Gasteiger partial charge >= 0.3 is 0 Å². The predicted molar refractivity (Wildman–Crippen MR) is 63.2 cm³/mol. The summed E-state index contributed by atoms with van der Waals surface area (Å²) in [7, 11) is 0. The van der Waals surface area contributed by atoms with Crippen LogP contribution in [-0.4, -0.2) is 11.4 Å². The Hall–Kier alpha value is -2.29. The summed E-state index contributed by atoms with van der Waals surface area (Å²) in [4.78, 5) is 10.8. The molecule has 16 heavy (non-hydrogen) atoms. The lowest BCUT2D eigenvalue weighted by molar-refractivity contribution is 0.112. The summed E-state index contributed by atoms with van der Waals surface area (Å²) in [6.45, 7) is 0. The van der Waals surface area contributed by atoms with Gasteiger partial charge in [0.1, 0.15) is 5.75 Å². The molecule has 0 spiro atoms. The molecule has 2 aromatic rings. The van der Waals surface area contributed by atoms with Crippen molar-refractivity contribution in [2.24, 2.45) is 0 Å². The van der Waals surface area contributed by atoms with Crippen LogP contribution in [0.4, 0.5) is 11.4 Å². The topological polar surface area (TPSA) is 49.3 Å². The molecular formula is C13H11NO2. The first-order chi connectivity index (χ1) is 7.81. The average molecular weight is 213 g/mol. The highest BCUT2D eigenvalue weighted by Gasteiger charge is 2.06. The van der Waals surface area contributed by atoms with E-state index in [2.05, 4.69) is 5.32 Å². The summed E-state index contributed by atoms with van der Waals surface area (Å²) in [5, 5.41) is 12.6. The lowest BCUT2D eigenvalue weighted by Gasteiger charge is -2.09. The molecule has 0 saturated heterocycles. The number of aldehydes is 1. The Kier molecular flexibility index (Phi) is 2.87. The Morgan fingerprint density at radius 2 is 1.75 bits per heavy atom. The third kappa shape index (κ3) is 2.03. The molecule has 2 aromatic carbocycles. The van der Waals surface area contributed by atoms with Crippen molar-refractivity contribution in [3.8, 4) is 5.75 Å². The van der Waals surface area contributed by atoms with E-state index in [1.165, 1.54) is 6.07 Å². The molecule has 3 nitrogen and oxygen atoms in total. The Bertz CT molecular complexity index is 495. The number of rotatable bonds is 3. The second kappa shape index (κ2) is 4.49. The Morgan fingerprint density at radius 1 is 1.00 bits per heavy atom. The number of anilines is 2. The first kappa shape index (κ1) is 10.2. The molecule has 3 heteroatoms. The monoisotopic (exact) mass is 213 g/mol. The maximum Gasteiger partial charge on any atom is 0.155 e. The number of carbonyl (C=O) groups is 1. The molecule has 0 aliphatic rings. The zero-order valence-electron chi connectivity index (χ0n) is 8.55. The highest BCUT2D eigenvalue weighted by Crippen LogP contribution is 2.26. The van der Waals surface area contributed by atoms with E-state index in [0.717, 1.165) is 5.69 Å². The van der Waals surface area contributed by atoms with Crippen molar-refractivity contribution in [3.05, 3.63) is 54.1 Å². The standard InChI is InChI=1S/C13H11NO2/c15-9-11-12(7-4-8-13(11)16)14-10-5-2-1-3-6-10/h1-9,14,16H. The molecule has 0 amide bonds. The third-order valence-corrected chi connectivity index (χ3v) is 2.25. The second-order valence-electron chi connectivity index (χ2n) is 3.35. The normalized spacial score (nSPS) is 9.75. The van der Waals surface area contributed by atoms with Gasteiger partial charge in [0.05, 0.1) is 11.3 Å². The fourth-order valence-corrected chi connectivity index (χ4v) is 1.46. The molecule has 0 aromatic heterocycles. The number of nitrogens with one attached hydrogen (secondary N) is 1. The highest BCUT2D eigenvalue weighted by molar-refractivity contribution is 5.89. The number of para-hydroxylation sites is 1. The van der Waals surface area contributed by atoms with Crippen molar-refractivity contribution in [2.75, 3.05) is 5.32 Å². The van der Waals surface area contributed by atoms with Crippen molar-refractivity contribution in [1.29, 1.82) is 0 Å². The second-order valence-corrected chi connectivity index (χ2v) is 3.35. The van der Waals surface area contributed by atoms with Gasteiger partial charge in [-0.25, -0.2) is 0 Å². The summed E-state index contributed by atoms with van der Waals surface area (Å²) in [6, 6.07) is 14.4. The van der Waals surface area contributed by atoms with Gasteiger partial charge in [-0.1, -0.05) is 24.3 Å². The molecule has 0 atom stereocenters. The molecule has 0 heterocycles. The van der Waals surface area contributed by atoms with E-state index in [1.54, 1.807) is 12.1 Å². The van der Waals surface area contributed by atoms with Crippen LogP contribution >= 0.6 is 0 Å². The summed E-state index contributed by atoms with van der Waals surface area (Å²) >= 11 is 0. The van der Waals surface area contributed by atoms with Crippen LogP contribution < -0.4 is 5.32 Å². The maximum absolute atomic E-state index is 10.8. The summed E-state index contributed by atoms with van der Waals surface area (Å²) in [5.74, 6) is -0.0177. The molecule has 0 saturated carbocycles. The first-order valence-corrected chi connectivity index (χ1v) is 4.90. The Labute approximate surface area is 93.4 Å². The van der Waals surface area contributed by atoms with Crippen LogP contribution in [-0.2, 0) is 0 Å². The molecule has 80 valence electrons. The zero-order chi connectivity index (χ0) is 11.4. The molecule has 0 fully saturated rings. The largest absolute Gasteiger partial charge is 0.507 e. The van der Waals surface area contributed by atoms with E-state index in [1.807, 2.05) is 30.3 Å². The maximum atomic E-state index is 10.8. The summed E-state index contributed by atoms with van der Waals surface area (Å²) in [5.41, 5.74) is 1.74. The summed E-state index contributed by atoms with van der Waals surface area (Å²) in [6.07, 6.45) is 0.639. The van der Waals surface area contributed by atoms with E-state index < -0.39 is 0 Å². The van der Waals surface area contributed by atoms with E-state index in [-0.39, 0.29) is 11.3 Å². The van der Waals surface area contributed by atoms with Gasteiger partial charge in [0, 0.05) is 5.69 Å². The van der Waals surface area contributed by atoms with Gasteiger partial charge in [-0.3, -0.25) is 4.79 Å². The zero-order valence-corrected chi connectivity index (χ0v) is 8.55. The van der Waals surface area contributed by atoms with Crippen LogP contribution in [0.2, 0.25) is 0 Å². The van der Waals surface area contributed by atoms with E-state index >= 15 is 0 Å². The minimum Gasteiger partial charge on any atom is -0.507 e. The molecule has 0 aliphatic heterocycles. The molecule has 0 unspecified atom stereocenters. The fraction of sp³-hybridized carbons (Fsp3) is 0. The van der Waals surface area contributed by atoms with Crippen molar-refractivity contribution in [3.63, 3.8) is 0 Å². The molecule has 2 rings (SSSR count). The van der Waals surface area contributed by atoms with Gasteiger partial charge in [0.25, 0.3) is 0 Å². The SMILES string of the molecule is O=Cc1c(O)cccc1Nc1ccccc1. The summed E-state index contributed by atoms with van der Waals surface area (Å²) < 4.78 is 0. The van der Waals surface area contributed by atoms with Gasteiger partial charge < -0.3 is 10.4 Å². The van der Waals surface area contributed by atoms with Crippen molar-refractivity contribution < 1.29 is 9.90 Å². The van der Waals surface area contributed by atoms with E-state index in [0.29, 0.717) is 12.0 Å². The lowest BCUT2D eigenvalue weighted by Crippen LogP contribution is -1.95. The minimum absolute atomic E-state index is 0.0177. The van der Waals surface area contributed by atoms with Crippen LogP contribution in [0.25, 0.3) is 0 Å². The van der Waals surface area contributed by atoms with Crippen LogP contribution in [0, 0.1) is 0 Å². The number of phenols is 1. The molecule has 0 aliphatic carbocycles. The Morgan fingerprint density at radius 3 is 2.44 bits per heavy atom. The van der Waals surface area contributed by atoms with Gasteiger partial charge in [-0.2, -0.15) is 0 Å². The molecule has 2 N–H and O–H groups in total. The van der Waals surface area contributed by atoms with Gasteiger partial charge in [-0.15, -0.1) is 0 Å². The van der Waals surface area contributed by atoms with E-state index in [4.69, 9.17) is 0 Å². The smallest absolute Gasteiger partial charge is 0.155 e. The highest BCUT2D eigenvalue weighted by atomic mass is 16.3. The number of benzene rings is 2. The minimum atomic E-state index is -0.0177. The van der Waals surface area contributed by atoms with Crippen LogP contribution in [0.15, 0.2) is 48.5 Å². The van der Waals surface area contributed by atoms with Crippen LogP contribution in [0.5, 0.6) is 5.75 Å². The Balaban J connectivity index is 2.35. The van der Waals surface area contributed by atoms with Crippen LogP contribution in [0.3, 0.4) is 0 Å². The number of phenolic OH excluding ortho intramolecular Hbond substituents is 1. The van der Waals surface area contributed by atoms with Crippen molar-refractivity contribution >= 4 is 17.7 Å². The first-order valence-electron chi connectivity index (χ1n) is 4.90.